The Hall–Kier alpha value is -0.810. The average molecular weight is 283 g/mol. The molecule has 0 bridgehead atoms. The number of carbonyl (C=O) groups is 1. The molecule has 0 radical (unpaired) electrons. The molecule has 0 aliphatic carbocycles. The maximum absolute atomic E-state index is 12.6. The highest BCUT2D eigenvalue weighted by Gasteiger charge is 2.18. The molecule has 6 heteroatoms. The lowest BCUT2D eigenvalue weighted by Crippen LogP contribution is -2.21. The number of hydrogen-bond acceptors (Lipinski definition) is 2. The van der Waals surface area contributed by atoms with Gasteiger partial charge in [0, 0.05) is 5.02 Å². The van der Waals surface area contributed by atoms with Gasteiger partial charge in [-0.25, -0.2) is 4.79 Å². The summed E-state index contributed by atoms with van der Waals surface area (Å²) in [5.41, 5.74) is 0. The van der Waals surface area contributed by atoms with Gasteiger partial charge < -0.3 is 9.84 Å². The Morgan fingerprint density at radius 1 is 1.64 bits per heavy atom. The number of alkyl halides is 1. The first-order valence-corrected chi connectivity index (χ1v) is 4.66. The summed E-state index contributed by atoms with van der Waals surface area (Å²) in [5.74, 6) is -1.59. The van der Waals surface area contributed by atoms with Gasteiger partial charge in [-0.15, -0.1) is 0 Å². The standard InChI is InChI=1S/C8H5BrClFO3/c9-5-3-4(10)1-2-6(5)14-7(11)8(12)13/h1-3,7H,(H,12,13). The van der Waals surface area contributed by atoms with E-state index in [-0.39, 0.29) is 5.75 Å². The van der Waals surface area contributed by atoms with Crippen molar-refractivity contribution in [2.45, 2.75) is 6.36 Å². The smallest absolute Gasteiger partial charge is 0.378 e. The third kappa shape index (κ3) is 2.85. The molecular weight excluding hydrogens is 278 g/mol. The van der Waals surface area contributed by atoms with Crippen molar-refractivity contribution in [2.75, 3.05) is 0 Å². The maximum Gasteiger partial charge on any atom is 0.378 e. The highest BCUT2D eigenvalue weighted by atomic mass is 79.9. The van der Waals surface area contributed by atoms with E-state index in [4.69, 9.17) is 16.7 Å². The number of ether oxygens (including phenoxy) is 1. The van der Waals surface area contributed by atoms with E-state index in [1.54, 1.807) is 0 Å². The Balaban J connectivity index is 2.82. The number of carboxylic acids is 1. The van der Waals surface area contributed by atoms with Crippen LogP contribution in [0.5, 0.6) is 5.75 Å². The molecule has 0 aliphatic rings. The fourth-order valence-corrected chi connectivity index (χ4v) is 1.51. The lowest BCUT2D eigenvalue weighted by molar-refractivity contribution is -0.153. The number of hydrogen-bond donors (Lipinski definition) is 1. The fraction of sp³-hybridized carbons (Fsp3) is 0.125. The number of rotatable bonds is 3. The van der Waals surface area contributed by atoms with E-state index < -0.39 is 12.3 Å². The molecule has 0 saturated carbocycles. The van der Waals surface area contributed by atoms with Gasteiger partial charge in [0.05, 0.1) is 4.47 Å². The number of carboxylic acid groups (broad SMARTS) is 1. The molecule has 1 unspecified atom stereocenters. The van der Waals surface area contributed by atoms with Crippen molar-refractivity contribution in [2.24, 2.45) is 0 Å². The third-order valence-corrected chi connectivity index (χ3v) is 2.17. The molecule has 1 atom stereocenters. The molecule has 1 aromatic carbocycles. The fourth-order valence-electron chi connectivity index (χ4n) is 0.733. The lowest BCUT2D eigenvalue weighted by Gasteiger charge is -2.08. The SMILES string of the molecule is O=C(O)C(F)Oc1ccc(Cl)cc1Br. The zero-order chi connectivity index (χ0) is 10.7. The van der Waals surface area contributed by atoms with Crippen LogP contribution >= 0.6 is 27.5 Å². The second-order valence-electron chi connectivity index (χ2n) is 2.35. The molecule has 0 amide bonds. The van der Waals surface area contributed by atoms with E-state index in [1.807, 2.05) is 0 Å². The Labute approximate surface area is 92.6 Å². The summed E-state index contributed by atoms with van der Waals surface area (Å²) >= 11 is 8.68. The second kappa shape index (κ2) is 4.61. The highest BCUT2D eigenvalue weighted by molar-refractivity contribution is 9.10. The molecule has 0 fully saturated rings. The molecule has 0 heterocycles. The van der Waals surface area contributed by atoms with Crippen molar-refractivity contribution in [3.05, 3.63) is 27.7 Å². The summed E-state index contributed by atoms with van der Waals surface area (Å²) in [7, 11) is 0. The van der Waals surface area contributed by atoms with Crippen LogP contribution in [0.2, 0.25) is 5.02 Å². The first-order chi connectivity index (χ1) is 6.50. The lowest BCUT2D eigenvalue weighted by atomic mass is 10.3. The van der Waals surface area contributed by atoms with Crippen LogP contribution < -0.4 is 4.74 Å². The van der Waals surface area contributed by atoms with Gasteiger partial charge in [0.1, 0.15) is 5.75 Å². The van der Waals surface area contributed by atoms with E-state index in [0.29, 0.717) is 9.50 Å². The van der Waals surface area contributed by atoms with Gasteiger partial charge >= 0.3 is 12.3 Å². The number of benzene rings is 1. The zero-order valence-corrected chi connectivity index (χ0v) is 9.05. The molecule has 1 N–H and O–H groups in total. The Morgan fingerprint density at radius 2 is 2.29 bits per heavy atom. The van der Waals surface area contributed by atoms with Crippen LogP contribution in [0.3, 0.4) is 0 Å². The van der Waals surface area contributed by atoms with E-state index in [9.17, 15) is 9.18 Å². The van der Waals surface area contributed by atoms with Crippen molar-refractivity contribution in [3.8, 4) is 5.75 Å². The largest absolute Gasteiger partial charge is 0.476 e. The van der Waals surface area contributed by atoms with Gasteiger partial charge in [0.25, 0.3) is 0 Å². The topological polar surface area (TPSA) is 46.5 Å². The third-order valence-electron chi connectivity index (χ3n) is 1.32. The maximum atomic E-state index is 12.6. The van der Waals surface area contributed by atoms with Gasteiger partial charge in [0.15, 0.2) is 0 Å². The molecular formula is C8H5BrClFO3. The quantitative estimate of drug-likeness (QED) is 0.928. The first kappa shape index (κ1) is 11.3. The van der Waals surface area contributed by atoms with Gasteiger partial charge in [-0.05, 0) is 34.1 Å². The first-order valence-electron chi connectivity index (χ1n) is 3.49. The zero-order valence-electron chi connectivity index (χ0n) is 6.71. The normalized spacial score (nSPS) is 12.2. The summed E-state index contributed by atoms with van der Waals surface area (Å²) in [6.07, 6.45) is -2.38. The summed E-state index contributed by atoms with van der Waals surface area (Å²) in [4.78, 5) is 10.1. The van der Waals surface area contributed by atoms with Crippen LogP contribution in [0.4, 0.5) is 4.39 Å². The van der Waals surface area contributed by atoms with Crippen molar-refractivity contribution >= 4 is 33.5 Å². The Kier molecular flexibility index (Phi) is 3.71. The van der Waals surface area contributed by atoms with Crippen LogP contribution in [0.25, 0.3) is 0 Å². The van der Waals surface area contributed by atoms with Crippen molar-refractivity contribution in [3.63, 3.8) is 0 Å². The minimum Gasteiger partial charge on any atom is -0.476 e. The Bertz CT molecular complexity index is 358. The monoisotopic (exact) mass is 282 g/mol. The van der Waals surface area contributed by atoms with E-state index >= 15 is 0 Å². The van der Waals surface area contributed by atoms with Crippen molar-refractivity contribution in [1.82, 2.24) is 0 Å². The minimum atomic E-state index is -2.38. The van der Waals surface area contributed by atoms with E-state index in [2.05, 4.69) is 20.7 Å². The van der Waals surface area contributed by atoms with Crippen molar-refractivity contribution in [1.29, 1.82) is 0 Å². The molecule has 14 heavy (non-hydrogen) atoms. The van der Waals surface area contributed by atoms with Crippen molar-refractivity contribution < 1.29 is 19.0 Å². The molecule has 0 aromatic heterocycles. The van der Waals surface area contributed by atoms with E-state index in [1.165, 1.54) is 18.2 Å². The van der Waals surface area contributed by atoms with E-state index in [0.717, 1.165) is 0 Å². The molecule has 0 spiro atoms. The summed E-state index contributed by atoms with van der Waals surface area (Å²) < 4.78 is 17.5. The molecule has 1 rings (SSSR count). The van der Waals surface area contributed by atoms with Gasteiger partial charge in [-0.1, -0.05) is 11.6 Å². The molecule has 0 aliphatic heterocycles. The Morgan fingerprint density at radius 3 is 2.79 bits per heavy atom. The summed E-state index contributed by atoms with van der Waals surface area (Å²) in [5, 5.41) is 8.69. The molecule has 76 valence electrons. The van der Waals surface area contributed by atoms with Gasteiger partial charge in [-0.2, -0.15) is 4.39 Å². The predicted molar refractivity (Wildman–Crippen MR) is 52.3 cm³/mol. The van der Waals surface area contributed by atoms with Crippen LogP contribution in [0.1, 0.15) is 0 Å². The minimum absolute atomic E-state index is 0.0873. The number of aliphatic carboxylic acids is 1. The van der Waals surface area contributed by atoms with Gasteiger partial charge in [0.2, 0.25) is 0 Å². The van der Waals surface area contributed by atoms with Crippen LogP contribution in [0.15, 0.2) is 22.7 Å². The predicted octanol–water partition coefficient (Wildman–Crippen LogP) is 2.86. The summed E-state index contributed by atoms with van der Waals surface area (Å²) in [6, 6.07) is 4.32. The molecule has 3 nitrogen and oxygen atoms in total. The molecule has 0 saturated heterocycles. The van der Waals surface area contributed by atoms with Crippen LogP contribution in [-0.2, 0) is 4.79 Å². The van der Waals surface area contributed by atoms with Crippen LogP contribution in [0, 0.1) is 0 Å². The number of halogens is 3. The highest BCUT2D eigenvalue weighted by Crippen LogP contribution is 2.28. The second-order valence-corrected chi connectivity index (χ2v) is 3.64. The molecule has 1 aromatic rings. The summed E-state index contributed by atoms with van der Waals surface area (Å²) in [6.45, 7) is 0. The average Bonchev–Trinajstić information content (AvgIpc) is 2.09. The van der Waals surface area contributed by atoms with Gasteiger partial charge in [-0.3, -0.25) is 0 Å². The van der Waals surface area contributed by atoms with Crippen LogP contribution in [-0.4, -0.2) is 17.4 Å².